The summed E-state index contributed by atoms with van der Waals surface area (Å²) in [7, 11) is 1.62. The number of hydrogen-bond donors (Lipinski definition) is 2. The lowest BCUT2D eigenvalue weighted by Gasteiger charge is -2.03. The Morgan fingerprint density at radius 2 is 1.95 bits per heavy atom. The number of phenols is 1. The van der Waals surface area contributed by atoms with Crippen molar-refractivity contribution in [2.75, 3.05) is 7.11 Å². The van der Waals surface area contributed by atoms with Crippen molar-refractivity contribution in [3.05, 3.63) is 59.7 Å². The number of aromatic hydroxyl groups is 1. The fourth-order valence-corrected chi connectivity index (χ4v) is 1.88. The second-order valence-corrected chi connectivity index (χ2v) is 4.70. The van der Waals surface area contributed by atoms with E-state index in [-0.39, 0.29) is 11.7 Å². The van der Waals surface area contributed by atoms with E-state index in [0.717, 1.165) is 11.3 Å². The van der Waals surface area contributed by atoms with Gasteiger partial charge < -0.3 is 9.84 Å². The monoisotopic (exact) mass is 298 g/mol. The summed E-state index contributed by atoms with van der Waals surface area (Å²) in [4.78, 5) is 11.7. The number of ether oxygens (including phenoxy) is 1. The summed E-state index contributed by atoms with van der Waals surface area (Å²) < 4.78 is 5.08. The standard InChI is InChI=1S/C17H18N2O3/c1-22-15-9-6-13(7-10-15)8-11-17(21)19-18-12-14-4-2-3-5-16(14)20/h2-7,9-10,12,20H,8,11H2,1H3,(H,19,21)/b18-12-. The minimum absolute atomic E-state index is 0.124. The molecule has 0 heterocycles. The molecule has 5 heteroatoms. The number of hydrazone groups is 1. The Hall–Kier alpha value is -2.82. The number of nitrogens with one attached hydrogen (secondary N) is 1. The molecule has 22 heavy (non-hydrogen) atoms. The van der Waals surface area contributed by atoms with Crippen LogP contribution in [0.3, 0.4) is 0 Å². The fraction of sp³-hybridized carbons (Fsp3) is 0.176. The molecule has 0 atom stereocenters. The second kappa shape index (κ2) is 7.83. The van der Waals surface area contributed by atoms with Crippen molar-refractivity contribution < 1.29 is 14.6 Å². The first-order chi connectivity index (χ1) is 10.7. The fourth-order valence-electron chi connectivity index (χ4n) is 1.88. The maximum Gasteiger partial charge on any atom is 0.240 e. The van der Waals surface area contributed by atoms with E-state index in [4.69, 9.17) is 4.74 Å². The molecule has 0 aromatic heterocycles. The van der Waals surface area contributed by atoms with E-state index < -0.39 is 0 Å². The van der Waals surface area contributed by atoms with E-state index in [1.54, 1.807) is 31.4 Å². The molecule has 0 bridgehead atoms. The topological polar surface area (TPSA) is 70.9 Å². The molecule has 1 amide bonds. The molecule has 0 aliphatic heterocycles. The van der Waals surface area contributed by atoms with Crippen LogP contribution in [0.2, 0.25) is 0 Å². The Labute approximate surface area is 129 Å². The number of para-hydroxylation sites is 1. The predicted octanol–water partition coefficient (Wildman–Crippen LogP) is 2.48. The van der Waals surface area contributed by atoms with Gasteiger partial charge in [0.05, 0.1) is 13.3 Å². The molecule has 0 fully saturated rings. The third-order valence-corrected chi connectivity index (χ3v) is 3.13. The Kier molecular flexibility index (Phi) is 5.54. The number of aryl methyl sites for hydroxylation is 1. The Bertz CT molecular complexity index is 651. The predicted molar refractivity (Wildman–Crippen MR) is 85.2 cm³/mol. The first kappa shape index (κ1) is 15.6. The van der Waals surface area contributed by atoms with E-state index >= 15 is 0 Å². The van der Waals surface area contributed by atoms with Crippen molar-refractivity contribution in [2.45, 2.75) is 12.8 Å². The molecule has 114 valence electrons. The number of methoxy groups -OCH3 is 1. The number of carbonyl (C=O) groups excluding carboxylic acids is 1. The van der Waals surface area contributed by atoms with Crippen LogP contribution in [0.1, 0.15) is 17.5 Å². The lowest BCUT2D eigenvalue weighted by molar-refractivity contribution is -0.121. The summed E-state index contributed by atoms with van der Waals surface area (Å²) in [6.07, 6.45) is 2.38. The van der Waals surface area contributed by atoms with Crippen molar-refractivity contribution in [2.24, 2.45) is 5.10 Å². The number of phenolic OH excluding ortho intramolecular Hbond substituents is 1. The van der Waals surface area contributed by atoms with Gasteiger partial charge in [-0.15, -0.1) is 0 Å². The minimum atomic E-state index is -0.178. The van der Waals surface area contributed by atoms with Gasteiger partial charge in [0.25, 0.3) is 0 Å². The Balaban J connectivity index is 1.79. The minimum Gasteiger partial charge on any atom is -0.507 e. The van der Waals surface area contributed by atoms with Crippen LogP contribution in [-0.4, -0.2) is 24.3 Å². The van der Waals surface area contributed by atoms with Crippen molar-refractivity contribution in [3.63, 3.8) is 0 Å². The number of amides is 1. The number of benzene rings is 2. The van der Waals surface area contributed by atoms with Crippen LogP contribution in [0.15, 0.2) is 53.6 Å². The molecule has 2 aromatic carbocycles. The van der Waals surface area contributed by atoms with Crippen LogP contribution in [-0.2, 0) is 11.2 Å². The van der Waals surface area contributed by atoms with Gasteiger partial charge in [0.15, 0.2) is 0 Å². The first-order valence-corrected chi connectivity index (χ1v) is 6.92. The molecular weight excluding hydrogens is 280 g/mol. The second-order valence-electron chi connectivity index (χ2n) is 4.70. The summed E-state index contributed by atoms with van der Waals surface area (Å²) in [5.74, 6) is 0.738. The molecule has 2 rings (SSSR count). The van der Waals surface area contributed by atoms with Crippen molar-refractivity contribution in [3.8, 4) is 11.5 Å². The summed E-state index contributed by atoms with van der Waals surface area (Å²) in [5, 5.41) is 13.4. The van der Waals surface area contributed by atoms with E-state index in [9.17, 15) is 9.90 Å². The van der Waals surface area contributed by atoms with Crippen LogP contribution in [0.5, 0.6) is 11.5 Å². The number of hydrogen-bond acceptors (Lipinski definition) is 4. The van der Waals surface area contributed by atoms with E-state index in [1.165, 1.54) is 6.21 Å². The van der Waals surface area contributed by atoms with Gasteiger partial charge in [0, 0.05) is 12.0 Å². The third-order valence-electron chi connectivity index (χ3n) is 3.13. The largest absolute Gasteiger partial charge is 0.507 e. The average molecular weight is 298 g/mol. The average Bonchev–Trinajstić information content (AvgIpc) is 2.55. The van der Waals surface area contributed by atoms with Gasteiger partial charge in [-0.2, -0.15) is 5.10 Å². The number of nitrogens with zero attached hydrogens (tertiary/aromatic N) is 1. The molecule has 2 N–H and O–H groups in total. The highest BCUT2D eigenvalue weighted by Crippen LogP contribution is 2.13. The molecule has 0 unspecified atom stereocenters. The number of carbonyl (C=O) groups is 1. The Morgan fingerprint density at radius 1 is 1.23 bits per heavy atom. The van der Waals surface area contributed by atoms with Crippen LogP contribution >= 0.6 is 0 Å². The van der Waals surface area contributed by atoms with Gasteiger partial charge in [-0.05, 0) is 36.2 Å². The van der Waals surface area contributed by atoms with Gasteiger partial charge in [0.2, 0.25) is 5.91 Å². The van der Waals surface area contributed by atoms with Crippen LogP contribution in [0, 0.1) is 0 Å². The quantitative estimate of drug-likeness (QED) is 0.636. The van der Waals surface area contributed by atoms with Crippen LogP contribution < -0.4 is 10.2 Å². The van der Waals surface area contributed by atoms with Crippen molar-refractivity contribution >= 4 is 12.1 Å². The zero-order valence-electron chi connectivity index (χ0n) is 12.3. The molecule has 0 saturated heterocycles. The summed E-state index contributed by atoms with van der Waals surface area (Å²) in [6.45, 7) is 0. The van der Waals surface area contributed by atoms with E-state index in [1.807, 2.05) is 24.3 Å². The highest BCUT2D eigenvalue weighted by molar-refractivity contribution is 5.85. The molecule has 0 aliphatic rings. The smallest absolute Gasteiger partial charge is 0.240 e. The summed E-state index contributed by atoms with van der Waals surface area (Å²) >= 11 is 0. The maximum absolute atomic E-state index is 11.7. The van der Waals surface area contributed by atoms with Crippen molar-refractivity contribution in [1.29, 1.82) is 0 Å². The van der Waals surface area contributed by atoms with Gasteiger partial charge >= 0.3 is 0 Å². The summed E-state index contributed by atoms with van der Waals surface area (Å²) in [6, 6.07) is 14.4. The zero-order chi connectivity index (χ0) is 15.8. The van der Waals surface area contributed by atoms with Crippen LogP contribution in [0.25, 0.3) is 0 Å². The van der Waals surface area contributed by atoms with Crippen molar-refractivity contribution in [1.82, 2.24) is 5.43 Å². The molecular formula is C17H18N2O3. The lowest BCUT2D eigenvalue weighted by Crippen LogP contribution is -2.17. The van der Waals surface area contributed by atoms with Gasteiger partial charge in [-0.25, -0.2) is 5.43 Å². The number of rotatable bonds is 6. The highest BCUT2D eigenvalue weighted by Gasteiger charge is 2.02. The first-order valence-electron chi connectivity index (χ1n) is 6.92. The molecule has 0 saturated carbocycles. The third kappa shape index (κ3) is 4.63. The molecule has 0 aliphatic carbocycles. The molecule has 5 nitrogen and oxygen atoms in total. The van der Waals surface area contributed by atoms with Crippen LogP contribution in [0.4, 0.5) is 0 Å². The normalized spacial score (nSPS) is 10.6. The zero-order valence-corrected chi connectivity index (χ0v) is 12.3. The van der Waals surface area contributed by atoms with Gasteiger partial charge in [0.1, 0.15) is 11.5 Å². The molecule has 0 spiro atoms. The maximum atomic E-state index is 11.7. The molecule has 2 aromatic rings. The Morgan fingerprint density at radius 3 is 2.64 bits per heavy atom. The summed E-state index contributed by atoms with van der Waals surface area (Å²) in [5.41, 5.74) is 4.06. The highest BCUT2D eigenvalue weighted by atomic mass is 16.5. The SMILES string of the molecule is COc1ccc(CCC(=O)N/N=C\c2ccccc2O)cc1. The van der Waals surface area contributed by atoms with E-state index in [0.29, 0.717) is 18.4 Å². The molecule has 0 radical (unpaired) electrons. The van der Waals surface area contributed by atoms with E-state index in [2.05, 4.69) is 10.5 Å². The lowest BCUT2D eigenvalue weighted by atomic mass is 10.1. The van der Waals surface area contributed by atoms with Gasteiger partial charge in [-0.1, -0.05) is 24.3 Å². The van der Waals surface area contributed by atoms with Gasteiger partial charge in [-0.3, -0.25) is 4.79 Å².